The van der Waals surface area contributed by atoms with Crippen molar-refractivity contribution in [3.63, 3.8) is 0 Å². The lowest BCUT2D eigenvalue weighted by atomic mass is 10.1. The average Bonchev–Trinajstić information content (AvgIpc) is 2.76. The fourth-order valence-corrected chi connectivity index (χ4v) is 4.78. The standard InChI is InChI=1S/C22H11N3O3S/c26-25(27)15-9-5-10-16-20(15)24-18-12-6-1-2-7-13(12)19-22(21(18)28-16)29-17-11-4-3-8-14(17)23-19/h1-11H. The van der Waals surface area contributed by atoms with Crippen LogP contribution in [0.4, 0.5) is 17.1 Å². The van der Waals surface area contributed by atoms with Gasteiger partial charge in [-0.15, -0.1) is 0 Å². The molecule has 0 saturated heterocycles. The molecule has 6 nitrogen and oxygen atoms in total. The maximum absolute atomic E-state index is 11.5. The summed E-state index contributed by atoms with van der Waals surface area (Å²) in [6.45, 7) is 0. The summed E-state index contributed by atoms with van der Waals surface area (Å²) >= 11 is 1.58. The fourth-order valence-electron chi connectivity index (χ4n) is 3.71. The van der Waals surface area contributed by atoms with Crippen LogP contribution in [-0.4, -0.2) is 4.92 Å². The zero-order valence-electron chi connectivity index (χ0n) is 14.8. The van der Waals surface area contributed by atoms with Gasteiger partial charge in [-0.25, -0.2) is 9.98 Å². The number of nitrogens with zero attached hydrogens (tertiary/aromatic N) is 3. The summed E-state index contributed by atoms with van der Waals surface area (Å²) in [6, 6.07) is 20.5. The molecule has 2 heterocycles. The minimum absolute atomic E-state index is 0.0716. The van der Waals surface area contributed by atoms with Gasteiger partial charge in [-0.3, -0.25) is 10.1 Å². The van der Waals surface area contributed by atoms with Gasteiger partial charge < -0.3 is 4.74 Å². The van der Waals surface area contributed by atoms with E-state index in [1.807, 2.05) is 48.5 Å². The van der Waals surface area contributed by atoms with Crippen LogP contribution in [0.5, 0.6) is 11.5 Å². The molecule has 138 valence electrons. The average molecular weight is 397 g/mol. The molecule has 29 heavy (non-hydrogen) atoms. The molecular formula is C22H11N3O3S. The third-order valence-corrected chi connectivity index (χ3v) is 6.14. The third-order valence-electron chi connectivity index (χ3n) is 4.99. The van der Waals surface area contributed by atoms with Crippen molar-refractivity contribution in [2.24, 2.45) is 9.98 Å². The van der Waals surface area contributed by atoms with Crippen LogP contribution in [-0.2, 0) is 0 Å². The second kappa shape index (κ2) is 5.89. The summed E-state index contributed by atoms with van der Waals surface area (Å²) in [5, 5.41) is 14.7. The Morgan fingerprint density at radius 2 is 1.62 bits per heavy atom. The molecule has 0 atom stereocenters. The monoisotopic (exact) mass is 397 g/mol. The van der Waals surface area contributed by atoms with Crippen molar-refractivity contribution in [1.29, 1.82) is 0 Å². The first-order valence-corrected chi connectivity index (χ1v) is 9.76. The van der Waals surface area contributed by atoms with Gasteiger partial charge in [0.05, 0.1) is 20.9 Å². The van der Waals surface area contributed by atoms with E-state index in [1.54, 1.807) is 23.9 Å². The highest BCUT2D eigenvalue weighted by Gasteiger charge is 2.28. The fraction of sp³-hybridized carbons (Fsp3) is 0. The van der Waals surface area contributed by atoms with Crippen LogP contribution in [0.1, 0.15) is 0 Å². The van der Waals surface area contributed by atoms with Gasteiger partial charge in [-0.2, -0.15) is 0 Å². The highest BCUT2D eigenvalue weighted by molar-refractivity contribution is 7.99. The van der Waals surface area contributed by atoms with E-state index in [0.29, 0.717) is 16.9 Å². The van der Waals surface area contributed by atoms with Crippen LogP contribution < -0.4 is 15.5 Å². The van der Waals surface area contributed by atoms with E-state index in [-0.39, 0.29) is 11.4 Å². The number of fused-ring (bicyclic) bond motifs is 8. The van der Waals surface area contributed by atoms with E-state index in [1.165, 1.54) is 6.07 Å². The SMILES string of the molecule is O=[N+]([O-])c1cccc2c1N=c1c(c3c(c4ccccc14)=Nc1ccccc1S3)O2. The minimum Gasteiger partial charge on any atom is -0.451 e. The minimum atomic E-state index is -0.433. The molecule has 2 aliphatic heterocycles. The molecule has 0 radical (unpaired) electrons. The van der Waals surface area contributed by atoms with E-state index in [2.05, 4.69) is 0 Å². The molecule has 0 aromatic heterocycles. The van der Waals surface area contributed by atoms with E-state index in [0.717, 1.165) is 31.6 Å². The summed E-state index contributed by atoms with van der Waals surface area (Å²) in [4.78, 5) is 22.6. The molecule has 4 aromatic rings. The van der Waals surface area contributed by atoms with E-state index in [9.17, 15) is 10.1 Å². The zero-order chi connectivity index (χ0) is 19.5. The molecule has 0 aliphatic carbocycles. The Kier molecular flexibility index (Phi) is 3.30. The van der Waals surface area contributed by atoms with Crippen LogP contribution in [0.3, 0.4) is 0 Å². The Morgan fingerprint density at radius 3 is 2.45 bits per heavy atom. The molecule has 0 N–H and O–H groups in total. The summed E-state index contributed by atoms with van der Waals surface area (Å²) in [7, 11) is 0. The quantitative estimate of drug-likeness (QED) is 0.281. The first kappa shape index (κ1) is 16.3. The number of para-hydroxylation sites is 2. The van der Waals surface area contributed by atoms with Gasteiger partial charge in [0, 0.05) is 21.7 Å². The molecule has 6 rings (SSSR count). The Morgan fingerprint density at radius 1 is 0.862 bits per heavy atom. The lowest BCUT2D eigenvalue weighted by Crippen LogP contribution is -2.21. The Hall–Kier alpha value is -3.71. The van der Waals surface area contributed by atoms with Crippen molar-refractivity contribution < 1.29 is 9.66 Å². The van der Waals surface area contributed by atoms with Crippen LogP contribution in [0, 0.1) is 10.1 Å². The molecule has 0 amide bonds. The number of hydrogen-bond acceptors (Lipinski definition) is 6. The second-order valence-corrected chi connectivity index (χ2v) is 7.73. The van der Waals surface area contributed by atoms with Crippen LogP contribution in [0.15, 0.2) is 86.5 Å². The summed E-state index contributed by atoms with van der Waals surface area (Å²) in [5.74, 6) is 0.971. The molecule has 0 unspecified atom stereocenters. The summed E-state index contributed by atoms with van der Waals surface area (Å²) in [6.07, 6.45) is 0. The molecule has 0 saturated carbocycles. The number of benzene rings is 4. The predicted molar refractivity (Wildman–Crippen MR) is 109 cm³/mol. The maximum Gasteiger partial charge on any atom is 0.298 e. The molecule has 2 aliphatic rings. The highest BCUT2D eigenvalue weighted by Crippen LogP contribution is 2.46. The molecule has 4 aromatic carbocycles. The second-order valence-electron chi connectivity index (χ2n) is 6.68. The lowest BCUT2D eigenvalue weighted by Gasteiger charge is -2.21. The highest BCUT2D eigenvalue weighted by atomic mass is 32.2. The van der Waals surface area contributed by atoms with Crippen LogP contribution >= 0.6 is 11.8 Å². The third kappa shape index (κ3) is 2.31. The smallest absolute Gasteiger partial charge is 0.298 e. The number of nitro groups is 1. The van der Waals surface area contributed by atoms with Crippen molar-refractivity contribution in [2.75, 3.05) is 0 Å². The van der Waals surface area contributed by atoms with Gasteiger partial charge >= 0.3 is 0 Å². The van der Waals surface area contributed by atoms with Crippen LogP contribution in [0.25, 0.3) is 10.8 Å². The summed E-state index contributed by atoms with van der Waals surface area (Å²) < 4.78 is 6.21. The predicted octanol–water partition coefficient (Wildman–Crippen LogP) is 5.22. The lowest BCUT2D eigenvalue weighted by molar-refractivity contribution is -0.384. The number of hydrogen-bond donors (Lipinski definition) is 0. The molecule has 0 fully saturated rings. The van der Waals surface area contributed by atoms with E-state index < -0.39 is 4.92 Å². The Bertz CT molecular complexity index is 1500. The van der Waals surface area contributed by atoms with Crippen molar-refractivity contribution in [3.05, 3.63) is 87.6 Å². The van der Waals surface area contributed by atoms with Gasteiger partial charge in [0.2, 0.25) is 0 Å². The molecular weight excluding hydrogens is 386 g/mol. The number of nitro benzene ring substituents is 1. The topological polar surface area (TPSA) is 77.1 Å². The number of rotatable bonds is 1. The number of ether oxygens (including phenoxy) is 1. The van der Waals surface area contributed by atoms with Gasteiger partial charge in [0.25, 0.3) is 5.69 Å². The maximum atomic E-state index is 11.5. The largest absolute Gasteiger partial charge is 0.451 e. The van der Waals surface area contributed by atoms with Crippen molar-refractivity contribution in [1.82, 2.24) is 0 Å². The normalized spacial score (nSPS) is 13.1. The van der Waals surface area contributed by atoms with Crippen LogP contribution in [0.2, 0.25) is 0 Å². The molecule has 0 bridgehead atoms. The van der Waals surface area contributed by atoms with Crippen molar-refractivity contribution in [3.8, 4) is 11.5 Å². The van der Waals surface area contributed by atoms with Gasteiger partial charge in [0.1, 0.15) is 5.36 Å². The first-order valence-electron chi connectivity index (χ1n) is 8.95. The Labute approximate surface area is 168 Å². The van der Waals surface area contributed by atoms with Gasteiger partial charge in [0.15, 0.2) is 17.2 Å². The van der Waals surface area contributed by atoms with E-state index >= 15 is 0 Å². The van der Waals surface area contributed by atoms with Gasteiger partial charge in [-0.05, 0) is 18.2 Å². The first-order chi connectivity index (χ1) is 14.2. The van der Waals surface area contributed by atoms with Crippen molar-refractivity contribution >= 4 is 39.6 Å². The van der Waals surface area contributed by atoms with Gasteiger partial charge in [-0.1, -0.05) is 54.2 Å². The summed E-state index contributed by atoms with van der Waals surface area (Å²) in [5.41, 5.74) is 1.09. The van der Waals surface area contributed by atoms with E-state index in [4.69, 9.17) is 14.7 Å². The van der Waals surface area contributed by atoms with Crippen molar-refractivity contribution in [2.45, 2.75) is 9.79 Å². The molecule has 0 spiro atoms. The molecule has 7 heteroatoms. The Balaban J connectivity index is 1.78. The zero-order valence-corrected chi connectivity index (χ0v) is 15.6.